The van der Waals surface area contributed by atoms with Gasteiger partial charge in [-0.15, -0.1) is 0 Å². The van der Waals surface area contributed by atoms with Gasteiger partial charge in [0, 0.05) is 5.56 Å². The van der Waals surface area contributed by atoms with Gasteiger partial charge in [-0.05, 0) is 57.2 Å². The van der Waals surface area contributed by atoms with Crippen molar-refractivity contribution < 1.29 is 19.1 Å². The number of carbonyl (C=O) groups excluding carboxylic acids is 3. The van der Waals surface area contributed by atoms with Crippen LogP contribution < -0.4 is 10.1 Å². The van der Waals surface area contributed by atoms with Gasteiger partial charge in [-0.1, -0.05) is 53.3 Å². The Balaban J connectivity index is 1.72. The minimum atomic E-state index is -0.717. The average Bonchev–Trinajstić information content (AvgIpc) is 3.22. The third-order valence-electron chi connectivity index (χ3n) is 5.47. The van der Waals surface area contributed by atoms with Crippen molar-refractivity contribution in [1.82, 2.24) is 4.57 Å². The Hall–Kier alpha value is -4.04. The van der Waals surface area contributed by atoms with Gasteiger partial charge >= 0.3 is 5.97 Å². The zero-order valence-electron chi connectivity index (χ0n) is 19.6. The van der Waals surface area contributed by atoms with Crippen molar-refractivity contribution in [3.63, 3.8) is 0 Å². The summed E-state index contributed by atoms with van der Waals surface area (Å²) >= 11 is 1.34. The molecule has 1 aromatic heterocycles. The Morgan fingerprint density at radius 1 is 1.00 bits per heavy atom. The molecule has 1 N–H and O–H groups in total. The van der Waals surface area contributed by atoms with Crippen molar-refractivity contribution >= 4 is 45.0 Å². The molecule has 1 heterocycles. The van der Waals surface area contributed by atoms with E-state index in [4.69, 9.17) is 4.74 Å². The fourth-order valence-corrected chi connectivity index (χ4v) is 4.72. The standard InChI is InChI=1S/C27H25N3O4S/c1-4-34-26(33)20-9-5-6-10-21(20)28-24(31)18(3)30-22-11-7-8-12-23(22)35-27(30)29-25(32)19-15-13-17(2)14-16-19/h5-16,18H,4H2,1-3H3,(H,28,31). The topological polar surface area (TPSA) is 89.8 Å². The first-order valence-corrected chi connectivity index (χ1v) is 12.0. The van der Waals surface area contributed by atoms with E-state index in [0.29, 0.717) is 16.1 Å². The van der Waals surface area contributed by atoms with Gasteiger partial charge in [-0.2, -0.15) is 4.99 Å². The second kappa shape index (κ2) is 10.5. The number of amides is 2. The zero-order valence-corrected chi connectivity index (χ0v) is 20.5. The molecule has 0 aliphatic carbocycles. The fourth-order valence-electron chi connectivity index (χ4n) is 3.62. The summed E-state index contributed by atoms with van der Waals surface area (Å²) in [6, 6.07) is 20.8. The number of rotatable bonds is 6. The number of thiazole rings is 1. The Morgan fingerprint density at radius 3 is 2.43 bits per heavy atom. The van der Waals surface area contributed by atoms with Crippen LogP contribution in [0.5, 0.6) is 0 Å². The maximum atomic E-state index is 13.3. The molecular weight excluding hydrogens is 462 g/mol. The van der Waals surface area contributed by atoms with Gasteiger partial charge in [0.05, 0.1) is 28.1 Å². The number of fused-ring (bicyclic) bond motifs is 1. The van der Waals surface area contributed by atoms with E-state index in [1.165, 1.54) is 11.3 Å². The van der Waals surface area contributed by atoms with Crippen LogP contribution >= 0.6 is 11.3 Å². The van der Waals surface area contributed by atoms with Crippen molar-refractivity contribution in [2.24, 2.45) is 4.99 Å². The van der Waals surface area contributed by atoms with E-state index in [-0.39, 0.29) is 24.0 Å². The first-order valence-electron chi connectivity index (χ1n) is 11.2. The Labute approximate surface area is 206 Å². The van der Waals surface area contributed by atoms with E-state index in [9.17, 15) is 14.4 Å². The summed E-state index contributed by atoms with van der Waals surface area (Å²) in [6.45, 7) is 5.64. The fraction of sp³-hybridized carbons (Fsp3) is 0.185. The Kier molecular flexibility index (Phi) is 7.22. The van der Waals surface area contributed by atoms with Crippen LogP contribution in [0.25, 0.3) is 10.2 Å². The van der Waals surface area contributed by atoms with E-state index in [2.05, 4.69) is 10.3 Å². The van der Waals surface area contributed by atoms with Gasteiger partial charge in [0.2, 0.25) is 5.91 Å². The number of anilines is 1. The molecule has 0 fully saturated rings. The van der Waals surface area contributed by atoms with Crippen LogP contribution in [0.1, 0.15) is 46.2 Å². The average molecular weight is 488 g/mol. The molecule has 8 heteroatoms. The van der Waals surface area contributed by atoms with Gasteiger partial charge in [0.25, 0.3) is 5.91 Å². The monoisotopic (exact) mass is 487 g/mol. The number of para-hydroxylation sites is 2. The van der Waals surface area contributed by atoms with Crippen molar-refractivity contribution in [3.8, 4) is 0 Å². The lowest BCUT2D eigenvalue weighted by atomic mass is 10.1. The summed E-state index contributed by atoms with van der Waals surface area (Å²) in [6.07, 6.45) is 0. The van der Waals surface area contributed by atoms with Crippen molar-refractivity contribution in [2.75, 3.05) is 11.9 Å². The highest BCUT2D eigenvalue weighted by Crippen LogP contribution is 2.23. The second-order valence-corrected chi connectivity index (χ2v) is 8.95. The molecule has 0 spiro atoms. The minimum Gasteiger partial charge on any atom is -0.462 e. The number of hydrogen-bond acceptors (Lipinski definition) is 5. The number of ether oxygens (including phenoxy) is 1. The smallest absolute Gasteiger partial charge is 0.340 e. The summed E-state index contributed by atoms with van der Waals surface area (Å²) in [4.78, 5) is 43.3. The molecule has 178 valence electrons. The molecule has 0 saturated carbocycles. The number of nitrogens with zero attached hydrogens (tertiary/aromatic N) is 2. The highest BCUT2D eigenvalue weighted by atomic mass is 32.1. The summed E-state index contributed by atoms with van der Waals surface area (Å²) in [5.74, 6) is -1.25. The van der Waals surface area contributed by atoms with Crippen molar-refractivity contribution in [1.29, 1.82) is 0 Å². The molecule has 0 aliphatic heterocycles. The first kappa shape index (κ1) is 24.1. The van der Waals surface area contributed by atoms with E-state index in [1.54, 1.807) is 54.8 Å². The molecule has 3 aromatic carbocycles. The molecule has 0 radical (unpaired) electrons. The van der Waals surface area contributed by atoms with E-state index in [1.807, 2.05) is 43.3 Å². The summed E-state index contributed by atoms with van der Waals surface area (Å²) in [5, 5.41) is 2.84. The van der Waals surface area contributed by atoms with Gasteiger partial charge < -0.3 is 14.6 Å². The number of aromatic nitrogens is 1. The summed E-state index contributed by atoms with van der Waals surface area (Å²) < 4.78 is 7.75. The largest absolute Gasteiger partial charge is 0.462 e. The molecule has 7 nitrogen and oxygen atoms in total. The normalized spacial score (nSPS) is 12.4. The molecule has 0 bridgehead atoms. The quantitative estimate of drug-likeness (QED) is 0.382. The summed E-state index contributed by atoms with van der Waals surface area (Å²) in [7, 11) is 0. The maximum Gasteiger partial charge on any atom is 0.340 e. The van der Waals surface area contributed by atoms with Gasteiger partial charge in [0.15, 0.2) is 4.80 Å². The Bertz CT molecular complexity index is 1470. The van der Waals surface area contributed by atoms with Gasteiger partial charge in [0.1, 0.15) is 6.04 Å². The first-order chi connectivity index (χ1) is 16.9. The molecule has 1 atom stereocenters. The van der Waals surface area contributed by atoms with E-state index >= 15 is 0 Å². The third kappa shape index (κ3) is 5.22. The molecule has 0 saturated heterocycles. The van der Waals surface area contributed by atoms with Crippen LogP contribution in [0.2, 0.25) is 0 Å². The van der Waals surface area contributed by atoms with Crippen molar-refractivity contribution in [2.45, 2.75) is 26.8 Å². The number of aryl methyl sites for hydroxylation is 1. The predicted molar refractivity (Wildman–Crippen MR) is 137 cm³/mol. The number of benzene rings is 3. The van der Waals surface area contributed by atoms with Crippen LogP contribution in [0.4, 0.5) is 5.69 Å². The molecule has 0 aliphatic rings. The number of nitrogens with one attached hydrogen (secondary N) is 1. The molecule has 35 heavy (non-hydrogen) atoms. The number of hydrogen-bond donors (Lipinski definition) is 1. The molecule has 2 amide bonds. The maximum absolute atomic E-state index is 13.3. The van der Waals surface area contributed by atoms with Crippen LogP contribution in [-0.2, 0) is 9.53 Å². The lowest BCUT2D eigenvalue weighted by Gasteiger charge is -2.16. The van der Waals surface area contributed by atoms with Crippen molar-refractivity contribution in [3.05, 3.63) is 94.3 Å². The molecule has 4 rings (SSSR count). The molecular formula is C27H25N3O4S. The van der Waals surface area contributed by atoms with Crippen LogP contribution in [-0.4, -0.2) is 29.0 Å². The van der Waals surface area contributed by atoms with Crippen LogP contribution in [0.15, 0.2) is 77.8 Å². The van der Waals surface area contributed by atoms with Gasteiger partial charge in [-0.25, -0.2) is 4.79 Å². The number of carbonyl (C=O) groups is 3. The second-order valence-electron chi connectivity index (χ2n) is 7.94. The molecule has 1 unspecified atom stereocenters. The summed E-state index contributed by atoms with van der Waals surface area (Å²) in [5.41, 5.74) is 2.94. The van der Waals surface area contributed by atoms with Crippen LogP contribution in [0.3, 0.4) is 0 Å². The minimum absolute atomic E-state index is 0.230. The third-order valence-corrected chi connectivity index (χ3v) is 6.51. The lowest BCUT2D eigenvalue weighted by molar-refractivity contribution is -0.118. The highest BCUT2D eigenvalue weighted by molar-refractivity contribution is 7.16. The molecule has 4 aromatic rings. The van der Waals surface area contributed by atoms with E-state index < -0.39 is 12.0 Å². The predicted octanol–water partition coefficient (Wildman–Crippen LogP) is 5.13. The van der Waals surface area contributed by atoms with E-state index in [0.717, 1.165) is 15.8 Å². The van der Waals surface area contributed by atoms with Crippen LogP contribution in [0, 0.1) is 6.92 Å². The Morgan fingerprint density at radius 2 is 1.69 bits per heavy atom. The SMILES string of the molecule is CCOC(=O)c1ccccc1NC(=O)C(C)n1c(=NC(=O)c2ccc(C)cc2)sc2ccccc21. The zero-order chi connectivity index (χ0) is 24.9. The highest BCUT2D eigenvalue weighted by Gasteiger charge is 2.22. The van der Waals surface area contributed by atoms with Gasteiger partial charge in [-0.3, -0.25) is 9.59 Å². The lowest BCUT2D eigenvalue weighted by Crippen LogP contribution is -2.30. The number of esters is 1.